The first-order chi connectivity index (χ1) is 12.1. The number of allylic oxidation sites excluding steroid dienone is 4. The normalized spacial score (nSPS) is 16.2. The highest BCUT2D eigenvalue weighted by molar-refractivity contribution is 5.91. The number of pyridine rings is 1. The van der Waals surface area contributed by atoms with Crippen LogP contribution in [0.25, 0.3) is 11.0 Å². The maximum Gasteiger partial charge on any atom is 0.412 e. The lowest BCUT2D eigenvalue weighted by molar-refractivity contribution is 0.168. The molecule has 0 saturated carbocycles. The van der Waals surface area contributed by atoms with Crippen LogP contribution in [-0.4, -0.2) is 27.7 Å². The molecule has 0 spiro atoms. The number of fused-ring (bicyclic) bond motifs is 1. The Morgan fingerprint density at radius 1 is 1.32 bits per heavy atom. The summed E-state index contributed by atoms with van der Waals surface area (Å²) in [4.78, 5) is 25.2. The number of nitrogens with zero attached hydrogens (tertiary/aromatic N) is 3. The molecule has 2 heterocycles. The van der Waals surface area contributed by atoms with Crippen molar-refractivity contribution in [2.45, 2.75) is 32.6 Å². The minimum atomic E-state index is -0.576. The number of carbonyl (C=O) groups excluding carboxylic acids is 1. The van der Waals surface area contributed by atoms with E-state index in [1.165, 1.54) is 0 Å². The lowest BCUT2D eigenvalue weighted by Crippen LogP contribution is -2.15. The lowest BCUT2D eigenvalue weighted by Gasteiger charge is -2.17. The number of nitrogens with two attached hydrogens (primary N) is 1. The number of nitrogen functional groups attached to an aromatic ring is 1. The lowest BCUT2D eigenvalue weighted by atomic mass is 9.94. The molecule has 3 N–H and O–H groups in total. The summed E-state index contributed by atoms with van der Waals surface area (Å²) < 4.78 is 4.86. The Bertz CT molecular complexity index is 860. The molecule has 1 amide bonds. The molecule has 0 radical (unpaired) electrons. The average Bonchev–Trinajstić information content (AvgIpc) is 2.61. The van der Waals surface area contributed by atoms with Gasteiger partial charge < -0.3 is 10.5 Å². The van der Waals surface area contributed by atoms with Gasteiger partial charge in [-0.05, 0) is 19.8 Å². The molecule has 1 aliphatic rings. The molecule has 130 valence electrons. The van der Waals surface area contributed by atoms with Crippen LogP contribution >= 0.6 is 0 Å². The fraction of sp³-hybridized carbons (Fsp3) is 0.333. The standard InChI is InChI=1S/C18H21N5O2/c1-3-12-15(11-8-6-5-7-9-11)23-16-13(20-12)10-14(21-17(16)19)22-18(24)25-4-2/h5-8,10-11H,3-4,9H2,1-2H3,(H3,19,21,22,24). The molecule has 25 heavy (non-hydrogen) atoms. The third-order valence-electron chi connectivity index (χ3n) is 3.96. The molecule has 3 rings (SSSR count). The molecule has 1 atom stereocenters. The Hall–Kier alpha value is -2.96. The Morgan fingerprint density at radius 3 is 2.84 bits per heavy atom. The summed E-state index contributed by atoms with van der Waals surface area (Å²) in [6, 6.07) is 1.66. The van der Waals surface area contributed by atoms with E-state index < -0.39 is 6.09 Å². The van der Waals surface area contributed by atoms with Gasteiger partial charge in [-0.15, -0.1) is 0 Å². The molecule has 7 nitrogen and oxygen atoms in total. The first-order valence-electron chi connectivity index (χ1n) is 8.36. The Kier molecular flexibility index (Phi) is 4.92. The second-order valence-electron chi connectivity index (χ2n) is 5.67. The van der Waals surface area contributed by atoms with E-state index in [1.54, 1.807) is 13.0 Å². The minimum Gasteiger partial charge on any atom is -0.450 e. The summed E-state index contributed by atoms with van der Waals surface area (Å²) in [7, 11) is 0. The summed E-state index contributed by atoms with van der Waals surface area (Å²) in [5, 5.41) is 2.55. The van der Waals surface area contributed by atoms with Gasteiger partial charge in [-0.2, -0.15) is 0 Å². The monoisotopic (exact) mass is 339 g/mol. The van der Waals surface area contributed by atoms with E-state index in [2.05, 4.69) is 22.5 Å². The quantitative estimate of drug-likeness (QED) is 0.885. The highest BCUT2D eigenvalue weighted by atomic mass is 16.5. The van der Waals surface area contributed by atoms with Gasteiger partial charge >= 0.3 is 6.09 Å². The molecule has 2 aromatic heterocycles. The van der Waals surface area contributed by atoms with Crippen molar-refractivity contribution in [1.29, 1.82) is 0 Å². The number of rotatable bonds is 4. The molecular formula is C18H21N5O2. The molecule has 0 bridgehead atoms. The second kappa shape index (κ2) is 7.29. The summed E-state index contributed by atoms with van der Waals surface area (Å²) in [6.07, 6.45) is 9.36. The zero-order valence-electron chi connectivity index (χ0n) is 14.3. The van der Waals surface area contributed by atoms with Crippen LogP contribution < -0.4 is 11.1 Å². The third-order valence-corrected chi connectivity index (χ3v) is 3.96. The van der Waals surface area contributed by atoms with E-state index in [9.17, 15) is 4.79 Å². The number of aromatic nitrogens is 3. The van der Waals surface area contributed by atoms with Crippen LogP contribution in [0.4, 0.5) is 16.4 Å². The van der Waals surface area contributed by atoms with Crippen molar-refractivity contribution in [1.82, 2.24) is 15.0 Å². The van der Waals surface area contributed by atoms with Crippen molar-refractivity contribution in [3.8, 4) is 0 Å². The molecule has 1 aliphatic carbocycles. The number of amides is 1. The van der Waals surface area contributed by atoms with E-state index in [4.69, 9.17) is 20.4 Å². The van der Waals surface area contributed by atoms with Crippen molar-refractivity contribution in [2.24, 2.45) is 0 Å². The summed E-state index contributed by atoms with van der Waals surface area (Å²) in [5.74, 6) is 0.720. The number of carbonyl (C=O) groups is 1. The maximum absolute atomic E-state index is 11.6. The van der Waals surface area contributed by atoms with Crippen LogP contribution in [0.5, 0.6) is 0 Å². The highest BCUT2D eigenvalue weighted by Crippen LogP contribution is 2.29. The van der Waals surface area contributed by atoms with Crippen LogP contribution in [0.3, 0.4) is 0 Å². The third kappa shape index (κ3) is 3.60. The van der Waals surface area contributed by atoms with Gasteiger partial charge in [-0.25, -0.2) is 19.7 Å². The van der Waals surface area contributed by atoms with Crippen LogP contribution in [0.2, 0.25) is 0 Å². The number of aryl methyl sites for hydroxylation is 1. The number of anilines is 2. The molecular weight excluding hydrogens is 318 g/mol. The predicted octanol–water partition coefficient (Wildman–Crippen LogP) is 3.34. The largest absolute Gasteiger partial charge is 0.450 e. The van der Waals surface area contributed by atoms with E-state index in [-0.39, 0.29) is 18.3 Å². The van der Waals surface area contributed by atoms with Crippen molar-refractivity contribution >= 4 is 28.8 Å². The van der Waals surface area contributed by atoms with Gasteiger partial charge in [-0.3, -0.25) is 5.32 Å². The van der Waals surface area contributed by atoms with Gasteiger partial charge in [0.25, 0.3) is 0 Å². The second-order valence-corrected chi connectivity index (χ2v) is 5.67. The summed E-state index contributed by atoms with van der Waals surface area (Å²) in [6.45, 7) is 4.06. The average molecular weight is 339 g/mol. The molecule has 0 aliphatic heterocycles. The van der Waals surface area contributed by atoms with E-state index in [1.807, 2.05) is 19.1 Å². The minimum absolute atomic E-state index is 0.189. The summed E-state index contributed by atoms with van der Waals surface area (Å²) >= 11 is 0. The number of hydrogen-bond acceptors (Lipinski definition) is 6. The highest BCUT2D eigenvalue weighted by Gasteiger charge is 2.18. The zero-order chi connectivity index (χ0) is 17.8. The van der Waals surface area contributed by atoms with Gasteiger partial charge in [0.1, 0.15) is 11.3 Å². The van der Waals surface area contributed by atoms with Crippen molar-refractivity contribution in [3.63, 3.8) is 0 Å². The zero-order valence-corrected chi connectivity index (χ0v) is 14.3. The predicted molar refractivity (Wildman–Crippen MR) is 97.4 cm³/mol. The Balaban J connectivity index is 2.02. The van der Waals surface area contributed by atoms with Gasteiger partial charge in [0, 0.05) is 12.0 Å². The smallest absolute Gasteiger partial charge is 0.412 e. The van der Waals surface area contributed by atoms with Crippen molar-refractivity contribution < 1.29 is 9.53 Å². The van der Waals surface area contributed by atoms with Gasteiger partial charge in [0.05, 0.1) is 23.5 Å². The Labute approximate surface area is 146 Å². The van der Waals surface area contributed by atoms with E-state index in [0.717, 1.165) is 24.2 Å². The van der Waals surface area contributed by atoms with E-state index >= 15 is 0 Å². The first-order valence-corrected chi connectivity index (χ1v) is 8.36. The van der Waals surface area contributed by atoms with Crippen LogP contribution in [0.15, 0.2) is 30.4 Å². The van der Waals surface area contributed by atoms with Gasteiger partial charge in [0.2, 0.25) is 0 Å². The van der Waals surface area contributed by atoms with Crippen LogP contribution in [0.1, 0.15) is 37.6 Å². The van der Waals surface area contributed by atoms with Crippen molar-refractivity contribution in [3.05, 3.63) is 41.8 Å². The molecule has 1 unspecified atom stereocenters. The van der Waals surface area contributed by atoms with Gasteiger partial charge in [-0.1, -0.05) is 31.2 Å². The molecule has 2 aromatic rings. The molecule has 0 fully saturated rings. The maximum atomic E-state index is 11.6. The fourth-order valence-electron chi connectivity index (χ4n) is 2.81. The first kappa shape index (κ1) is 16.9. The number of hydrogen-bond donors (Lipinski definition) is 2. The fourth-order valence-corrected chi connectivity index (χ4v) is 2.81. The topological polar surface area (TPSA) is 103 Å². The van der Waals surface area contributed by atoms with Gasteiger partial charge in [0.15, 0.2) is 5.82 Å². The summed E-state index contributed by atoms with van der Waals surface area (Å²) in [5.41, 5.74) is 9.06. The van der Waals surface area contributed by atoms with Crippen LogP contribution in [0, 0.1) is 0 Å². The number of ether oxygens (including phenoxy) is 1. The molecule has 7 heteroatoms. The molecule has 0 aromatic carbocycles. The Morgan fingerprint density at radius 2 is 2.16 bits per heavy atom. The SMILES string of the molecule is CCOC(=O)Nc1cc2nc(CC)c(C3C=CC=CC3)nc2c(N)n1. The van der Waals surface area contributed by atoms with E-state index in [0.29, 0.717) is 16.9 Å². The number of nitrogens with one attached hydrogen (secondary N) is 1. The van der Waals surface area contributed by atoms with Crippen molar-refractivity contribution in [2.75, 3.05) is 17.7 Å². The molecule has 0 saturated heterocycles. The van der Waals surface area contributed by atoms with Crippen LogP contribution in [-0.2, 0) is 11.2 Å².